The van der Waals surface area contributed by atoms with Gasteiger partial charge in [-0.25, -0.2) is 13.6 Å². The van der Waals surface area contributed by atoms with Crippen molar-refractivity contribution < 1.29 is 23.5 Å². The van der Waals surface area contributed by atoms with Gasteiger partial charge in [0.05, 0.1) is 22.7 Å². The molecule has 10 heteroatoms. The Balaban J connectivity index is 1.68. The summed E-state index contributed by atoms with van der Waals surface area (Å²) in [4.78, 5) is 25.3. The molecule has 0 unspecified atom stereocenters. The predicted octanol–water partition coefficient (Wildman–Crippen LogP) is 7.85. The first-order valence-electron chi connectivity index (χ1n) is 14.2. The number of carbonyl (C=O) groups is 2. The molecule has 3 aromatic carbocycles. The summed E-state index contributed by atoms with van der Waals surface area (Å²) in [5, 5.41) is 26.4. The maximum Gasteiger partial charge on any atom is 0.335 e. The molecular weight excluding hydrogens is 595 g/mol. The number of hydrogen-bond acceptors (Lipinski definition) is 4. The van der Waals surface area contributed by atoms with Crippen LogP contribution in [0, 0.1) is 28.4 Å². The van der Waals surface area contributed by atoms with Crippen LogP contribution in [0.3, 0.4) is 0 Å². The van der Waals surface area contributed by atoms with E-state index in [4.69, 9.17) is 23.2 Å². The van der Waals surface area contributed by atoms with Crippen molar-refractivity contribution in [3.8, 4) is 6.07 Å². The zero-order valence-electron chi connectivity index (χ0n) is 23.5. The zero-order valence-corrected chi connectivity index (χ0v) is 25.0. The van der Waals surface area contributed by atoms with Crippen molar-refractivity contribution in [2.75, 3.05) is 5.32 Å². The minimum atomic E-state index is -1.73. The number of aromatic carboxylic acids is 1. The normalized spacial score (nSPS) is 24.7. The molecule has 5 rings (SSSR count). The van der Waals surface area contributed by atoms with Crippen molar-refractivity contribution >= 4 is 40.8 Å². The van der Waals surface area contributed by atoms with E-state index in [1.807, 2.05) is 0 Å². The summed E-state index contributed by atoms with van der Waals surface area (Å²) >= 11 is 12.3. The second-order valence-corrected chi connectivity index (χ2v) is 12.7. The Hall–Kier alpha value is -3.51. The standard InChI is InChI=1S/C33H31Cl2F2N3O3/c1-32(14-3-2-4-15-32)17-26-33(18-38,23-13-10-20(34)16-25(23)36)27(22-6-5-7-24(35)28(22)37)29(40-26)30(41)39-21-11-8-19(9-12-21)31(42)43/h5-13,16,26-27,29,40H,2-4,14-15,17H2,1H3,(H,39,41)(H,42,43)/t26-,27-,29+,33-/m1/s1. The molecule has 1 aliphatic carbocycles. The molecule has 4 atom stereocenters. The highest BCUT2D eigenvalue weighted by atomic mass is 35.5. The summed E-state index contributed by atoms with van der Waals surface area (Å²) in [5.74, 6) is -4.42. The van der Waals surface area contributed by atoms with E-state index in [-0.39, 0.29) is 32.2 Å². The van der Waals surface area contributed by atoms with Gasteiger partial charge in [0, 0.05) is 28.2 Å². The van der Waals surface area contributed by atoms with Crippen LogP contribution in [0.2, 0.25) is 10.0 Å². The summed E-state index contributed by atoms with van der Waals surface area (Å²) in [6.45, 7) is 2.14. The summed E-state index contributed by atoms with van der Waals surface area (Å²) in [6, 6.07) is 14.5. The highest BCUT2D eigenvalue weighted by molar-refractivity contribution is 6.31. The monoisotopic (exact) mass is 625 g/mol. The summed E-state index contributed by atoms with van der Waals surface area (Å²) in [5.41, 5.74) is -1.55. The minimum absolute atomic E-state index is 0.00794. The van der Waals surface area contributed by atoms with Crippen LogP contribution in [0.15, 0.2) is 60.7 Å². The Morgan fingerprint density at radius 2 is 1.77 bits per heavy atom. The van der Waals surface area contributed by atoms with Crippen LogP contribution < -0.4 is 10.6 Å². The molecule has 43 heavy (non-hydrogen) atoms. The largest absolute Gasteiger partial charge is 0.478 e. The molecule has 3 N–H and O–H groups in total. The van der Waals surface area contributed by atoms with E-state index in [0.29, 0.717) is 12.1 Å². The van der Waals surface area contributed by atoms with Crippen LogP contribution >= 0.6 is 23.2 Å². The number of carboxylic acid groups (broad SMARTS) is 1. The number of nitriles is 1. The number of benzene rings is 3. The molecule has 0 bridgehead atoms. The molecule has 1 aliphatic heterocycles. The number of nitrogens with one attached hydrogen (secondary N) is 2. The molecule has 0 spiro atoms. The third-order valence-electron chi connectivity index (χ3n) is 9.07. The molecule has 1 saturated heterocycles. The number of amides is 1. The second-order valence-electron chi connectivity index (χ2n) is 11.9. The Morgan fingerprint density at radius 3 is 2.40 bits per heavy atom. The third-order valence-corrected chi connectivity index (χ3v) is 9.60. The molecule has 1 amide bonds. The number of halogens is 4. The highest BCUT2D eigenvalue weighted by Crippen LogP contribution is 2.54. The highest BCUT2D eigenvalue weighted by Gasteiger charge is 2.61. The molecule has 2 fully saturated rings. The Kier molecular flexibility index (Phi) is 8.80. The maximum absolute atomic E-state index is 15.9. The number of hydrogen-bond donors (Lipinski definition) is 3. The van der Waals surface area contributed by atoms with Crippen LogP contribution in [0.25, 0.3) is 0 Å². The van der Waals surface area contributed by atoms with Gasteiger partial charge in [-0.15, -0.1) is 0 Å². The van der Waals surface area contributed by atoms with Crippen LogP contribution in [-0.4, -0.2) is 29.1 Å². The molecular formula is C33H31Cl2F2N3O3. The van der Waals surface area contributed by atoms with Gasteiger partial charge in [-0.3, -0.25) is 4.79 Å². The smallest absolute Gasteiger partial charge is 0.335 e. The van der Waals surface area contributed by atoms with Crippen LogP contribution in [0.5, 0.6) is 0 Å². The van der Waals surface area contributed by atoms with Crippen molar-refractivity contribution in [2.24, 2.45) is 5.41 Å². The third kappa shape index (κ3) is 5.86. The second kappa shape index (κ2) is 12.2. The van der Waals surface area contributed by atoms with Gasteiger partial charge in [0.2, 0.25) is 5.91 Å². The lowest BCUT2D eigenvalue weighted by Crippen LogP contribution is -2.46. The Bertz CT molecular complexity index is 1590. The van der Waals surface area contributed by atoms with E-state index in [0.717, 1.165) is 38.2 Å². The molecule has 224 valence electrons. The van der Waals surface area contributed by atoms with Crippen molar-refractivity contribution in [3.63, 3.8) is 0 Å². The fourth-order valence-electron chi connectivity index (χ4n) is 6.96. The van der Waals surface area contributed by atoms with Gasteiger partial charge in [0.1, 0.15) is 17.0 Å². The molecule has 1 saturated carbocycles. The van der Waals surface area contributed by atoms with E-state index < -0.39 is 46.9 Å². The lowest BCUT2D eigenvalue weighted by molar-refractivity contribution is -0.118. The van der Waals surface area contributed by atoms with Gasteiger partial charge in [0.15, 0.2) is 0 Å². The van der Waals surface area contributed by atoms with Crippen molar-refractivity contribution in [2.45, 2.75) is 68.9 Å². The zero-order chi connectivity index (χ0) is 30.9. The molecule has 6 nitrogen and oxygen atoms in total. The molecule has 1 heterocycles. The van der Waals surface area contributed by atoms with Gasteiger partial charge < -0.3 is 15.7 Å². The quantitative estimate of drug-likeness (QED) is 0.248. The maximum atomic E-state index is 15.9. The lowest BCUT2D eigenvalue weighted by atomic mass is 9.61. The topological polar surface area (TPSA) is 102 Å². The first kappa shape index (κ1) is 30.9. The number of rotatable bonds is 7. The van der Waals surface area contributed by atoms with Crippen molar-refractivity contribution in [3.05, 3.63) is 99.0 Å². The Morgan fingerprint density at radius 1 is 1.07 bits per heavy atom. The number of carbonyl (C=O) groups excluding carboxylic acids is 1. The summed E-state index contributed by atoms with van der Waals surface area (Å²) in [6.07, 6.45) is 5.38. The number of carboxylic acids is 1. The minimum Gasteiger partial charge on any atom is -0.478 e. The molecule has 0 radical (unpaired) electrons. The first-order chi connectivity index (χ1) is 20.5. The summed E-state index contributed by atoms with van der Waals surface area (Å²) < 4.78 is 31.8. The van der Waals surface area contributed by atoms with E-state index in [9.17, 15) is 20.0 Å². The van der Waals surface area contributed by atoms with Crippen LogP contribution in [0.1, 0.15) is 72.9 Å². The predicted molar refractivity (Wildman–Crippen MR) is 161 cm³/mol. The van der Waals surface area contributed by atoms with Gasteiger partial charge >= 0.3 is 5.97 Å². The van der Waals surface area contributed by atoms with Gasteiger partial charge in [-0.2, -0.15) is 5.26 Å². The van der Waals surface area contributed by atoms with Crippen LogP contribution in [0.4, 0.5) is 14.5 Å². The first-order valence-corrected chi connectivity index (χ1v) is 15.0. The van der Waals surface area contributed by atoms with E-state index in [2.05, 4.69) is 23.6 Å². The number of nitrogens with zero attached hydrogens (tertiary/aromatic N) is 1. The fourth-order valence-corrected chi connectivity index (χ4v) is 7.30. The molecule has 0 aromatic heterocycles. The Labute approximate surface area is 259 Å². The van der Waals surface area contributed by atoms with Gasteiger partial charge in [0.25, 0.3) is 0 Å². The van der Waals surface area contributed by atoms with E-state index in [1.165, 1.54) is 54.6 Å². The summed E-state index contributed by atoms with van der Waals surface area (Å²) in [7, 11) is 0. The lowest BCUT2D eigenvalue weighted by Gasteiger charge is -2.41. The van der Waals surface area contributed by atoms with Crippen molar-refractivity contribution in [1.29, 1.82) is 5.26 Å². The average molecular weight is 627 g/mol. The SMILES string of the molecule is CC1(C[C@H]2N[C@H](C(=O)Nc3ccc(C(=O)O)cc3)[C@@H](c3cccc(Cl)c3F)[C@]2(C#N)c2ccc(Cl)cc2F)CCCCC1. The van der Waals surface area contributed by atoms with Gasteiger partial charge in [-0.1, -0.05) is 67.6 Å². The molecule has 2 aliphatic rings. The number of anilines is 1. The van der Waals surface area contributed by atoms with Gasteiger partial charge in [-0.05, 0) is 72.7 Å². The van der Waals surface area contributed by atoms with Crippen LogP contribution in [-0.2, 0) is 10.2 Å². The molecule has 3 aromatic rings. The van der Waals surface area contributed by atoms with E-state index >= 15 is 8.78 Å². The van der Waals surface area contributed by atoms with E-state index in [1.54, 1.807) is 0 Å². The van der Waals surface area contributed by atoms with Crippen molar-refractivity contribution in [1.82, 2.24) is 5.32 Å². The average Bonchev–Trinajstić information content (AvgIpc) is 3.29. The fraction of sp³-hybridized carbons (Fsp3) is 0.364.